The number of hydrogen-bond acceptors (Lipinski definition) is 4. The smallest absolute Gasteiger partial charge is 0.344 e. The van der Waals surface area contributed by atoms with Crippen LogP contribution in [0.3, 0.4) is 0 Å². The Morgan fingerprint density at radius 3 is 1.93 bits per heavy atom. The molecule has 7 rings (SSSR count). The predicted octanol–water partition coefficient (Wildman–Crippen LogP) is 8.92. The van der Waals surface area contributed by atoms with E-state index in [1.54, 1.807) is 20.3 Å². The van der Waals surface area contributed by atoms with Gasteiger partial charge in [-0.1, -0.05) is 69.3 Å². The molecule has 6 heteroatoms. The van der Waals surface area contributed by atoms with E-state index in [-0.39, 0.29) is 11.3 Å². The molecule has 0 saturated carbocycles. The molecule has 44 heavy (non-hydrogen) atoms. The Bertz CT molecular complexity index is 2150. The number of nitrogens with one attached hydrogen (secondary N) is 2. The number of benzene rings is 4. The number of fused-ring (bicyclic) bond motifs is 3. The van der Waals surface area contributed by atoms with E-state index in [9.17, 15) is 4.79 Å². The van der Waals surface area contributed by atoms with Crippen molar-refractivity contribution in [3.8, 4) is 22.6 Å². The van der Waals surface area contributed by atoms with Gasteiger partial charge in [-0.25, -0.2) is 4.79 Å². The van der Waals surface area contributed by atoms with Crippen LogP contribution in [0.2, 0.25) is 0 Å². The van der Waals surface area contributed by atoms with Crippen molar-refractivity contribution >= 4 is 32.8 Å². The topological polar surface area (TPSA) is 80.3 Å². The van der Waals surface area contributed by atoms with Crippen molar-refractivity contribution in [2.24, 2.45) is 0 Å². The van der Waals surface area contributed by atoms with E-state index < -0.39 is 5.63 Å². The standard InChI is InChI=1S/C38H34N2O4/c1-38(2,3)30-18-23(16-24-17-27(37(41)44-36(24)30)22-14-15-33(42-4)34(19-22)43-5)35(28-20-39-31-12-8-6-10-25(28)31)29-21-40-32-13-9-7-11-26(29)32/h6-21,35,39-40H,1-5H3. The van der Waals surface area contributed by atoms with Gasteiger partial charge in [0.25, 0.3) is 0 Å². The van der Waals surface area contributed by atoms with Crippen LogP contribution in [0.15, 0.2) is 107 Å². The minimum absolute atomic E-state index is 0.0933. The molecular weight excluding hydrogens is 548 g/mol. The molecule has 0 aliphatic carbocycles. The molecule has 0 spiro atoms. The van der Waals surface area contributed by atoms with E-state index in [1.165, 1.54) is 21.9 Å². The Labute approximate surface area is 255 Å². The number of ether oxygens (including phenoxy) is 2. The molecule has 6 nitrogen and oxygen atoms in total. The summed E-state index contributed by atoms with van der Waals surface area (Å²) >= 11 is 0. The molecule has 2 N–H and O–H groups in total. The van der Waals surface area contributed by atoms with Gasteiger partial charge in [0, 0.05) is 51.1 Å². The second-order valence-corrected chi connectivity index (χ2v) is 12.3. The first-order valence-electron chi connectivity index (χ1n) is 14.7. The third-order valence-electron chi connectivity index (χ3n) is 8.55. The zero-order chi connectivity index (χ0) is 30.6. The van der Waals surface area contributed by atoms with E-state index in [0.29, 0.717) is 28.2 Å². The first kappa shape index (κ1) is 27.6. The molecule has 0 aliphatic heterocycles. The first-order chi connectivity index (χ1) is 21.3. The molecule has 0 saturated heterocycles. The van der Waals surface area contributed by atoms with Crippen molar-refractivity contribution in [2.45, 2.75) is 32.1 Å². The van der Waals surface area contributed by atoms with Crippen molar-refractivity contribution < 1.29 is 13.9 Å². The van der Waals surface area contributed by atoms with Crippen LogP contribution in [-0.2, 0) is 5.41 Å². The summed E-state index contributed by atoms with van der Waals surface area (Å²) in [6, 6.07) is 28.6. The molecule has 0 bridgehead atoms. The lowest BCUT2D eigenvalue weighted by Crippen LogP contribution is -2.15. The summed E-state index contributed by atoms with van der Waals surface area (Å²) in [5.41, 5.74) is 7.72. The van der Waals surface area contributed by atoms with E-state index in [2.05, 4.69) is 104 Å². The van der Waals surface area contributed by atoms with Crippen molar-refractivity contribution in [2.75, 3.05) is 14.2 Å². The molecular formula is C38H34N2O4. The van der Waals surface area contributed by atoms with Gasteiger partial charge in [0.15, 0.2) is 11.5 Å². The van der Waals surface area contributed by atoms with Crippen LogP contribution >= 0.6 is 0 Å². The number of methoxy groups -OCH3 is 2. The van der Waals surface area contributed by atoms with Gasteiger partial charge in [0.1, 0.15) is 5.58 Å². The molecule has 0 atom stereocenters. The third-order valence-corrected chi connectivity index (χ3v) is 8.55. The van der Waals surface area contributed by atoms with Crippen LogP contribution < -0.4 is 15.1 Å². The van der Waals surface area contributed by atoms with Crippen molar-refractivity contribution in [3.63, 3.8) is 0 Å². The van der Waals surface area contributed by atoms with Crippen LogP contribution in [-0.4, -0.2) is 24.2 Å². The fourth-order valence-corrected chi connectivity index (χ4v) is 6.38. The monoisotopic (exact) mass is 582 g/mol. The molecule has 4 aromatic carbocycles. The van der Waals surface area contributed by atoms with E-state index >= 15 is 0 Å². The average molecular weight is 583 g/mol. The van der Waals surface area contributed by atoms with Crippen LogP contribution in [0, 0.1) is 0 Å². The number of aromatic nitrogens is 2. The summed E-state index contributed by atoms with van der Waals surface area (Å²) in [7, 11) is 3.18. The molecule has 3 heterocycles. The number of para-hydroxylation sites is 2. The summed E-state index contributed by atoms with van der Waals surface area (Å²) in [6.45, 7) is 6.46. The minimum Gasteiger partial charge on any atom is -0.493 e. The lowest BCUT2D eigenvalue weighted by Gasteiger charge is -2.25. The molecule has 0 amide bonds. The number of aromatic amines is 2. The summed E-state index contributed by atoms with van der Waals surface area (Å²) in [5.74, 6) is 1.05. The first-order valence-corrected chi connectivity index (χ1v) is 14.7. The maximum absolute atomic E-state index is 13.5. The fourth-order valence-electron chi connectivity index (χ4n) is 6.38. The van der Waals surface area contributed by atoms with Crippen molar-refractivity contribution in [1.82, 2.24) is 9.97 Å². The Morgan fingerprint density at radius 2 is 1.34 bits per heavy atom. The van der Waals surface area contributed by atoms with Crippen LogP contribution in [0.25, 0.3) is 43.9 Å². The Kier molecular flexibility index (Phi) is 6.58. The zero-order valence-corrected chi connectivity index (χ0v) is 25.4. The van der Waals surface area contributed by atoms with Gasteiger partial charge in [-0.15, -0.1) is 0 Å². The zero-order valence-electron chi connectivity index (χ0n) is 25.4. The Morgan fingerprint density at radius 1 is 0.727 bits per heavy atom. The summed E-state index contributed by atoms with van der Waals surface area (Å²) in [6.07, 6.45) is 4.25. The maximum atomic E-state index is 13.5. The van der Waals surface area contributed by atoms with Gasteiger partial charge in [0.2, 0.25) is 0 Å². The second kappa shape index (κ2) is 10.5. The fraction of sp³-hybridized carbons (Fsp3) is 0.184. The summed E-state index contributed by atoms with van der Waals surface area (Å²) < 4.78 is 17.1. The van der Waals surface area contributed by atoms with E-state index in [1.807, 2.05) is 18.2 Å². The number of hydrogen-bond donors (Lipinski definition) is 2. The van der Waals surface area contributed by atoms with Gasteiger partial charge >= 0.3 is 5.63 Å². The van der Waals surface area contributed by atoms with Gasteiger partial charge in [-0.2, -0.15) is 0 Å². The number of rotatable bonds is 6. The third kappa shape index (κ3) is 4.54. The highest BCUT2D eigenvalue weighted by atomic mass is 16.5. The quantitative estimate of drug-likeness (QED) is 0.192. The van der Waals surface area contributed by atoms with Gasteiger partial charge in [-0.3, -0.25) is 0 Å². The highest BCUT2D eigenvalue weighted by molar-refractivity contribution is 5.91. The number of H-pyrrole nitrogens is 2. The molecule has 0 aliphatic rings. The minimum atomic E-state index is -0.396. The molecule has 0 unspecified atom stereocenters. The van der Waals surface area contributed by atoms with Crippen LogP contribution in [0.4, 0.5) is 0 Å². The highest BCUT2D eigenvalue weighted by Crippen LogP contribution is 2.43. The lowest BCUT2D eigenvalue weighted by atomic mass is 9.79. The van der Waals surface area contributed by atoms with Crippen molar-refractivity contribution in [3.05, 3.63) is 130 Å². The predicted molar refractivity (Wildman–Crippen MR) is 177 cm³/mol. The second-order valence-electron chi connectivity index (χ2n) is 12.3. The van der Waals surface area contributed by atoms with Gasteiger partial charge in [-0.05, 0) is 64.1 Å². The summed E-state index contributed by atoms with van der Waals surface area (Å²) in [4.78, 5) is 20.5. The lowest BCUT2D eigenvalue weighted by molar-refractivity contribution is 0.355. The Hall–Kier alpha value is -5.23. The normalized spacial score (nSPS) is 12.0. The maximum Gasteiger partial charge on any atom is 0.344 e. The Balaban J connectivity index is 1.52. The molecule has 0 fully saturated rings. The van der Waals surface area contributed by atoms with E-state index in [0.717, 1.165) is 27.5 Å². The molecule has 0 radical (unpaired) electrons. The molecule has 3 aromatic heterocycles. The van der Waals surface area contributed by atoms with Crippen LogP contribution in [0.5, 0.6) is 11.5 Å². The average Bonchev–Trinajstić information content (AvgIpc) is 3.65. The highest BCUT2D eigenvalue weighted by Gasteiger charge is 2.28. The SMILES string of the molecule is COc1ccc(-c2cc3cc(C(c4c[nH]c5ccccc45)c4c[nH]c5ccccc45)cc(C(C)(C)C)c3oc2=O)cc1OC. The summed E-state index contributed by atoms with van der Waals surface area (Å²) in [5, 5.41) is 3.21. The molecule has 7 aromatic rings. The van der Waals surface area contributed by atoms with E-state index in [4.69, 9.17) is 13.9 Å². The van der Waals surface area contributed by atoms with Gasteiger partial charge in [0.05, 0.1) is 19.8 Å². The van der Waals surface area contributed by atoms with Crippen LogP contribution in [0.1, 0.15) is 48.9 Å². The largest absolute Gasteiger partial charge is 0.493 e. The van der Waals surface area contributed by atoms with Gasteiger partial charge < -0.3 is 23.9 Å². The molecule has 220 valence electrons. The van der Waals surface area contributed by atoms with Crippen molar-refractivity contribution in [1.29, 1.82) is 0 Å².